The second-order valence-corrected chi connectivity index (χ2v) is 6.02. The van der Waals surface area contributed by atoms with Gasteiger partial charge in [0.1, 0.15) is 23.2 Å². The lowest BCUT2D eigenvalue weighted by Crippen LogP contribution is -2.09. The molecule has 0 saturated carbocycles. The minimum atomic E-state index is -0.309. The number of nitrogens with two attached hydrogens (primary N) is 1. The number of nitrogens with zero attached hydrogens (tertiary/aromatic N) is 2. The first-order valence-electron chi connectivity index (χ1n) is 6.77. The highest BCUT2D eigenvalue weighted by molar-refractivity contribution is 9.10. The molecule has 0 saturated heterocycles. The SMILES string of the molecule is CCCc1nc(-c2cc(Br)ccc2F)c(N)n1C(C)C. The molecule has 0 aliphatic carbocycles. The maximum atomic E-state index is 14.0. The first kappa shape index (κ1) is 15.0. The highest BCUT2D eigenvalue weighted by Crippen LogP contribution is 2.32. The number of imidazole rings is 1. The van der Waals surface area contributed by atoms with Crippen molar-refractivity contribution < 1.29 is 4.39 Å². The third-order valence-electron chi connectivity index (χ3n) is 3.19. The second-order valence-electron chi connectivity index (χ2n) is 5.10. The van der Waals surface area contributed by atoms with Gasteiger partial charge in [-0.2, -0.15) is 0 Å². The third kappa shape index (κ3) is 2.73. The van der Waals surface area contributed by atoms with E-state index in [-0.39, 0.29) is 11.9 Å². The maximum absolute atomic E-state index is 14.0. The van der Waals surface area contributed by atoms with Crippen LogP contribution in [-0.4, -0.2) is 9.55 Å². The first-order chi connectivity index (χ1) is 9.45. The summed E-state index contributed by atoms with van der Waals surface area (Å²) in [5.74, 6) is 1.13. The second kappa shape index (κ2) is 5.95. The third-order valence-corrected chi connectivity index (χ3v) is 3.69. The molecule has 2 N–H and O–H groups in total. The van der Waals surface area contributed by atoms with Gasteiger partial charge in [-0.25, -0.2) is 9.37 Å². The highest BCUT2D eigenvalue weighted by atomic mass is 79.9. The van der Waals surface area contributed by atoms with Gasteiger partial charge in [0.25, 0.3) is 0 Å². The minimum absolute atomic E-state index is 0.202. The molecule has 0 fully saturated rings. The number of hydrogen-bond donors (Lipinski definition) is 1. The molecule has 0 aliphatic rings. The lowest BCUT2D eigenvalue weighted by atomic mass is 10.1. The fourth-order valence-electron chi connectivity index (χ4n) is 2.35. The maximum Gasteiger partial charge on any atom is 0.132 e. The Labute approximate surface area is 127 Å². The minimum Gasteiger partial charge on any atom is -0.383 e. The van der Waals surface area contributed by atoms with Crippen molar-refractivity contribution in [3.05, 3.63) is 34.3 Å². The number of aromatic nitrogens is 2. The number of halogens is 2. The van der Waals surface area contributed by atoms with Crippen molar-refractivity contribution in [3.63, 3.8) is 0 Å². The molecule has 0 spiro atoms. The summed E-state index contributed by atoms with van der Waals surface area (Å²) in [4.78, 5) is 4.57. The molecule has 108 valence electrons. The smallest absolute Gasteiger partial charge is 0.132 e. The number of nitrogen functional groups attached to an aromatic ring is 1. The molecule has 1 aromatic heterocycles. The van der Waals surface area contributed by atoms with E-state index in [0.29, 0.717) is 17.1 Å². The lowest BCUT2D eigenvalue weighted by Gasteiger charge is -2.13. The van der Waals surface area contributed by atoms with Crippen LogP contribution in [0, 0.1) is 5.82 Å². The van der Waals surface area contributed by atoms with Crippen LogP contribution in [0.25, 0.3) is 11.3 Å². The molecule has 2 rings (SSSR count). The summed E-state index contributed by atoms with van der Waals surface area (Å²) < 4.78 is 16.8. The average Bonchev–Trinajstić information content (AvgIpc) is 2.70. The quantitative estimate of drug-likeness (QED) is 0.886. The molecule has 1 aromatic carbocycles. The number of rotatable bonds is 4. The van der Waals surface area contributed by atoms with E-state index < -0.39 is 0 Å². The molecular weight excluding hydrogens is 321 g/mol. The highest BCUT2D eigenvalue weighted by Gasteiger charge is 2.19. The van der Waals surface area contributed by atoms with Crippen molar-refractivity contribution in [3.8, 4) is 11.3 Å². The van der Waals surface area contributed by atoms with Gasteiger partial charge in [-0.15, -0.1) is 0 Å². The molecule has 2 aromatic rings. The zero-order chi connectivity index (χ0) is 14.9. The topological polar surface area (TPSA) is 43.8 Å². The van der Waals surface area contributed by atoms with Crippen LogP contribution in [0.4, 0.5) is 10.2 Å². The van der Waals surface area contributed by atoms with Gasteiger partial charge in [0.15, 0.2) is 0 Å². The van der Waals surface area contributed by atoms with Crippen molar-refractivity contribution in [2.45, 2.75) is 39.7 Å². The molecule has 1 heterocycles. The van der Waals surface area contributed by atoms with Gasteiger partial charge in [0.05, 0.1) is 0 Å². The van der Waals surface area contributed by atoms with E-state index in [9.17, 15) is 4.39 Å². The van der Waals surface area contributed by atoms with Crippen molar-refractivity contribution in [1.29, 1.82) is 0 Å². The number of aryl methyl sites for hydroxylation is 1. The molecule has 5 heteroatoms. The molecule has 0 atom stereocenters. The van der Waals surface area contributed by atoms with Gasteiger partial charge in [-0.05, 0) is 38.5 Å². The lowest BCUT2D eigenvalue weighted by molar-refractivity contribution is 0.571. The van der Waals surface area contributed by atoms with Crippen LogP contribution in [-0.2, 0) is 6.42 Å². The Morgan fingerprint density at radius 3 is 2.70 bits per heavy atom. The van der Waals surface area contributed by atoms with E-state index in [0.717, 1.165) is 23.1 Å². The van der Waals surface area contributed by atoms with E-state index in [4.69, 9.17) is 5.73 Å². The molecule has 0 radical (unpaired) electrons. The van der Waals surface area contributed by atoms with Gasteiger partial charge >= 0.3 is 0 Å². The summed E-state index contributed by atoms with van der Waals surface area (Å²) in [6.45, 7) is 6.20. The Morgan fingerprint density at radius 2 is 2.10 bits per heavy atom. The summed E-state index contributed by atoms with van der Waals surface area (Å²) in [7, 11) is 0. The summed E-state index contributed by atoms with van der Waals surface area (Å²) >= 11 is 3.36. The number of hydrogen-bond acceptors (Lipinski definition) is 2. The summed E-state index contributed by atoms with van der Waals surface area (Å²) in [6, 6.07) is 5.01. The normalized spacial score (nSPS) is 11.3. The Hall–Kier alpha value is -1.36. The van der Waals surface area contributed by atoms with Gasteiger partial charge in [-0.3, -0.25) is 0 Å². The standard InChI is InChI=1S/C15H19BrFN3/c1-4-5-13-19-14(15(18)20(13)9(2)3)11-8-10(16)6-7-12(11)17/h6-9H,4-5,18H2,1-3H3. The van der Waals surface area contributed by atoms with Crippen molar-refractivity contribution >= 4 is 21.7 Å². The van der Waals surface area contributed by atoms with Gasteiger partial charge < -0.3 is 10.3 Å². The summed E-state index contributed by atoms with van der Waals surface area (Å²) in [5, 5.41) is 0. The van der Waals surface area contributed by atoms with Crippen LogP contribution in [0.1, 0.15) is 39.1 Å². The van der Waals surface area contributed by atoms with Crippen LogP contribution in [0.15, 0.2) is 22.7 Å². The van der Waals surface area contributed by atoms with E-state index in [1.165, 1.54) is 6.07 Å². The molecule has 0 bridgehead atoms. The Balaban J connectivity index is 2.63. The molecule has 3 nitrogen and oxygen atoms in total. The van der Waals surface area contributed by atoms with E-state index in [2.05, 4.69) is 41.7 Å². The predicted octanol–water partition coefficient (Wildman–Crippen LogP) is 4.57. The predicted molar refractivity (Wildman–Crippen MR) is 84.1 cm³/mol. The Kier molecular flexibility index (Phi) is 4.48. The fourth-order valence-corrected chi connectivity index (χ4v) is 2.71. The zero-order valence-corrected chi connectivity index (χ0v) is 13.5. The van der Waals surface area contributed by atoms with E-state index in [1.807, 2.05) is 4.57 Å². The van der Waals surface area contributed by atoms with Crippen molar-refractivity contribution in [2.24, 2.45) is 0 Å². The molecular formula is C15H19BrFN3. The summed E-state index contributed by atoms with van der Waals surface area (Å²) in [6.07, 6.45) is 1.81. The first-order valence-corrected chi connectivity index (χ1v) is 7.57. The molecule has 0 aliphatic heterocycles. The molecule has 20 heavy (non-hydrogen) atoms. The van der Waals surface area contributed by atoms with E-state index in [1.54, 1.807) is 12.1 Å². The van der Waals surface area contributed by atoms with Crippen molar-refractivity contribution in [2.75, 3.05) is 5.73 Å². The van der Waals surface area contributed by atoms with Crippen LogP contribution in [0.5, 0.6) is 0 Å². The number of anilines is 1. The molecule has 0 unspecified atom stereocenters. The molecule has 0 amide bonds. The van der Waals surface area contributed by atoms with Crippen molar-refractivity contribution in [1.82, 2.24) is 9.55 Å². The van der Waals surface area contributed by atoms with Gasteiger partial charge in [0, 0.05) is 22.5 Å². The fraction of sp³-hybridized carbons (Fsp3) is 0.400. The van der Waals surface area contributed by atoms with Gasteiger partial charge in [-0.1, -0.05) is 22.9 Å². The largest absolute Gasteiger partial charge is 0.383 e. The van der Waals surface area contributed by atoms with Crippen LogP contribution in [0.3, 0.4) is 0 Å². The monoisotopic (exact) mass is 339 g/mol. The number of benzene rings is 1. The zero-order valence-electron chi connectivity index (χ0n) is 12.0. The van der Waals surface area contributed by atoms with Gasteiger partial charge in [0.2, 0.25) is 0 Å². The van der Waals surface area contributed by atoms with Crippen LogP contribution >= 0.6 is 15.9 Å². The van der Waals surface area contributed by atoms with Crippen LogP contribution in [0.2, 0.25) is 0 Å². The average molecular weight is 340 g/mol. The van der Waals surface area contributed by atoms with Crippen LogP contribution < -0.4 is 5.73 Å². The van der Waals surface area contributed by atoms with E-state index >= 15 is 0 Å². The Morgan fingerprint density at radius 1 is 1.40 bits per heavy atom. The Bertz CT molecular complexity index is 620. The summed E-state index contributed by atoms with van der Waals surface area (Å²) in [5.41, 5.74) is 7.17.